The molecule has 2 rings (SSSR count). The lowest BCUT2D eigenvalue weighted by Gasteiger charge is -2.08. The molecule has 4 nitrogen and oxygen atoms in total. The first kappa shape index (κ1) is 17.6. The number of nitrogens with one attached hydrogen (secondary N) is 1. The Morgan fingerprint density at radius 1 is 1.52 bits per heavy atom. The molecule has 21 heavy (non-hydrogen) atoms. The summed E-state index contributed by atoms with van der Waals surface area (Å²) in [5, 5.41) is 4.93. The fourth-order valence-corrected chi connectivity index (χ4v) is 2.47. The molecular formula is C14H17ClFN3OS. The van der Waals surface area contributed by atoms with Crippen LogP contribution in [0.15, 0.2) is 29.6 Å². The zero-order valence-electron chi connectivity index (χ0n) is 11.5. The number of carbonyl (C=O) groups is 1. The van der Waals surface area contributed by atoms with Crippen LogP contribution in [0.5, 0.6) is 0 Å². The van der Waals surface area contributed by atoms with Crippen molar-refractivity contribution < 1.29 is 9.18 Å². The molecule has 1 aromatic carbocycles. The van der Waals surface area contributed by atoms with Crippen LogP contribution in [0.25, 0.3) is 11.3 Å². The van der Waals surface area contributed by atoms with Crippen molar-refractivity contribution in [2.24, 2.45) is 5.73 Å². The topological polar surface area (TPSA) is 68.0 Å². The third kappa shape index (κ3) is 4.77. The predicted molar refractivity (Wildman–Crippen MR) is 86.3 cm³/mol. The minimum absolute atomic E-state index is 0. The summed E-state index contributed by atoms with van der Waals surface area (Å²) in [5.74, 6) is -0.557. The number of nitrogens with two attached hydrogens (primary N) is 1. The lowest BCUT2D eigenvalue weighted by atomic mass is 10.2. The van der Waals surface area contributed by atoms with Crippen molar-refractivity contribution in [1.29, 1.82) is 0 Å². The standard InChI is InChI=1S/C14H16FN3OS.ClH/c1-2-4-11(16)13(19)18-14-17-12(8-20-14)9-5-3-6-10(15)7-9;/h3,5-8,11H,2,4,16H2,1H3,(H,17,18,19);1H. The van der Waals surface area contributed by atoms with E-state index >= 15 is 0 Å². The summed E-state index contributed by atoms with van der Waals surface area (Å²) in [6.07, 6.45) is 1.48. The second-order valence-corrected chi connectivity index (χ2v) is 5.29. The van der Waals surface area contributed by atoms with Crippen LogP contribution in [0, 0.1) is 5.82 Å². The van der Waals surface area contributed by atoms with Crippen molar-refractivity contribution in [2.75, 3.05) is 5.32 Å². The van der Waals surface area contributed by atoms with Crippen LogP contribution in [-0.4, -0.2) is 16.9 Å². The van der Waals surface area contributed by atoms with E-state index in [1.54, 1.807) is 17.5 Å². The van der Waals surface area contributed by atoms with Gasteiger partial charge in [0, 0.05) is 10.9 Å². The molecule has 0 aliphatic rings. The van der Waals surface area contributed by atoms with Crippen molar-refractivity contribution in [2.45, 2.75) is 25.8 Å². The minimum Gasteiger partial charge on any atom is -0.320 e. The van der Waals surface area contributed by atoms with Gasteiger partial charge in [-0.05, 0) is 18.6 Å². The molecule has 0 saturated heterocycles. The second kappa shape index (κ2) is 8.07. The second-order valence-electron chi connectivity index (χ2n) is 4.43. The number of carbonyl (C=O) groups excluding carboxylic acids is 1. The first-order chi connectivity index (χ1) is 9.60. The van der Waals surface area contributed by atoms with Crippen molar-refractivity contribution >= 4 is 34.8 Å². The molecule has 0 radical (unpaired) electrons. The Kier molecular flexibility index (Phi) is 6.74. The summed E-state index contributed by atoms with van der Waals surface area (Å²) in [5.41, 5.74) is 7.04. The highest BCUT2D eigenvalue weighted by molar-refractivity contribution is 7.14. The van der Waals surface area contributed by atoms with Gasteiger partial charge in [-0.1, -0.05) is 25.5 Å². The number of rotatable bonds is 5. The summed E-state index contributed by atoms with van der Waals surface area (Å²) in [6, 6.07) is 5.65. The third-order valence-electron chi connectivity index (χ3n) is 2.79. The fourth-order valence-electron chi connectivity index (χ4n) is 1.75. The van der Waals surface area contributed by atoms with Crippen molar-refractivity contribution in [3.05, 3.63) is 35.5 Å². The first-order valence-electron chi connectivity index (χ1n) is 6.38. The van der Waals surface area contributed by atoms with Crippen LogP contribution in [0.3, 0.4) is 0 Å². The van der Waals surface area contributed by atoms with Crippen LogP contribution >= 0.6 is 23.7 Å². The number of hydrogen-bond donors (Lipinski definition) is 2. The molecule has 0 saturated carbocycles. The Hall–Kier alpha value is -1.50. The lowest BCUT2D eigenvalue weighted by Crippen LogP contribution is -2.35. The van der Waals surface area contributed by atoms with E-state index in [0.29, 0.717) is 22.8 Å². The van der Waals surface area contributed by atoms with Crippen LogP contribution in [-0.2, 0) is 4.79 Å². The van der Waals surface area contributed by atoms with E-state index in [0.717, 1.165) is 6.42 Å². The molecule has 0 spiro atoms. The molecule has 114 valence electrons. The van der Waals surface area contributed by atoms with Gasteiger partial charge < -0.3 is 11.1 Å². The van der Waals surface area contributed by atoms with E-state index < -0.39 is 6.04 Å². The zero-order chi connectivity index (χ0) is 14.5. The highest BCUT2D eigenvalue weighted by atomic mass is 35.5. The van der Waals surface area contributed by atoms with Gasteiger partial charge in [-0.25, -0.2) is 9.37 Å². The maximum Gasteiger partial charge on any atom is 0.243 e. The van der Waals surface area contributed by atoms with E-state index in [1.165, 1.54) is 23.5 Å². The average molecular weight is 330 g/mol. The number of thiazole rings is 1. The van der Waals surface area contributed by atoms with E-state index in [4.69, 9.17) is 5.73 Å². The number of halogens is 2. The van der Waals surface area contributed by atoms with Crippen molar-refractivity contribution in [3.8, 4) is 11.3 Å². The van der Waals surface area contributed by atoms with Gasteiger partial charge in [-0.3, -0.25) is 4.79 Å². The Balaban J connectivity index is 0.00000220. The van der Waals surface area contributed by atoms with Gasteiger partial charge in [-0.15, -0.1) is 23.7 Å². The fraction of sp³-hybridized carbons (Fsp3) is 0.286. The van der Waals surface area contributed by atoms with Gasteiger partial charge >= 0.3 is 0 Å². The lowest BCUT2D eigenvalue weighted by molar-refractivity contribution is -0.117. The smallest absolute Gasteiger partial charge is 0.243 e. The van der Waals surface area contributed by atoms with Crippen LogP contribution in [0.4, 0.5) is 9.52 Å². The molecule has 1 atom stereocenters. The SMILES string of the molecule is CCCC(N)C(=O)Nc1nc(-c2cccc(F)c2)cs1.Cl. The molecule has 0 aliphatic carbocycles. The van der Waals surface area contributed by atoms with Crippen molar-refractivity contribution in [3.63, 3.8) is 0 Å². The normalized spacial score (nSPS) is 11.6. The molecule has 0 bridgehead atoms. The largest absolute Gasteiger partial charge is 0.320 e. The Morgan fingerprint density at radius 2 is 2.29 bits per heavy atom. The van der Waals surface area contributed by atoms with Gasteiger partial charge in [0.15, 0.2) is 5.13 Å². The molecule has 7 heteroatoms. The van der Waals surface area contributed by atoms with E-state index in [2.05, 4.69) is 10.3 Å². The first-order valence-corrected chi connectivity index (χ1v) is 7.26. The van der Waals surface area contributed by atoms with Crippen molar-refractivity contribution in [1.82, 2.24) is 4.98 Å². The van der Waals surface area contributed by atoms with Gasteiger partial charge in [0.05, 0.1) is 11.7 Å². The monoisotopic (exact) mass is 329 g/mol. The van der Waals surface area contributed by atoms with Gasteiger partial charge in [0.25, 0.3) is 0 Å². The molecule has 0 aliphatic heterocycles. The summed E-state index contributed by atoms with van der Waals surface area (Å²) >= 11 is 1.29. The van der Waals surface area contributed by atoms with Gasteiger partial charge in [-0.2, -0.15) is 0 Å². The van der Waals surface area contributed by atoms with E-state index in [-0.39, 0.29) is 24.1 Å². The minimum atomic E-state index is -0.526. The van der Waals surface area contributed by atoms with Gasteiger partial charge in [0.2, 0.25) is 5.91 Å². The number of hydrogen-bond acceptors (Lipinski definition) is 4. The predicted octanol–water partition coefficient (Wildman–Crippen LogP) is 3.44. The number of anilines is 1. The Morgan fingerprint density at radius 3 is 2.95 bits per heavy atom. The van der Waals surface area contributed by atoms with E-state index in [1.807, 2.05) is 6.92 Å². The van der Waals surface area contributed by atoms with Crippen LogP contribution in [0.2, 0.25) is 0 Å². The molecule has 2 aromatic rings. The average Bonchev–Trinajstić information content (AvgIpc) is 2.87. The van der Waals surface area contributed by atoms with Crippen LogP contribution < -0.4 is 11.1 Å². The molecule has 1 aromatic heterocycles. The zero-order valence-corrected chi connectivity index (χ0v) is 13.1. The molecule has 0 fully saturated rings. The highest BCUT2D eigenvalue weighted by Gasteiger charge is 2.14. The summed E-state index contributed by atoms with van der Waals surface area (Å²) in [4.78, 5) is 16.0. The number of amides is 1. The molecular weight excluding hydrogens is 313 g/mol. The number of nitrogens with zero attached hydrogens (tertiary/aromatic N) is 1. The highest BCUT2D eigenvalue weighted by Crippen LogP contribution is 2.25. The Labute approximate surface area is 133 Å². The maximum absolute atomic E-state index is 13.1. The van der Waals surface area contributed by atoms with E-state index in [9.17, 15) is 9.18 Å². The molecule has 3 N–H and O–H groups in total. The maximum atomic E-state index is 13.1. The number of benzene rings is 1. The summed E-state index contributed by atoms with van der Waals surface area (Å²) in [7, 11) is 0. The molecule has 1 heterocycles. The quantitative estimate of drug-likeness (QED) is 0.883. The number of aromatic nitrogens is 1. The summed E-state index contributed by atoms with van der Waals surface area (Å²) in [6.45, 7) is 1.97. The van der Waals surface area contributed by atoms with Gasteiger partial charge in [0.1, 0.15) is 5.82 Å². The molecule has 1 amide bonds. The summed E-state index contributed by atoms with van der Waals surface area (Å²) < 4.78 is 13.1. The van der Waals surface area contributed by atoms with Crippen LogP contribution in [0.1, 0.15) is 19.8 Å². The third-order valence-corrected chi connectivity index (χ3v) is 3.55. The Bertz CT molecular complexity index is 605. The molecule has 1 unspecified atom stereocenters.